The summed E-state index contributed by atoms with van der Waals surface area (Å²) in [6.45, 7) is 4.86. The molecule has 4 nitrogen and oxygen atoms in total. The van der Waals surface area contributed by atoms with Gasteiger partial charge >= 0.3 is 0 Å². The van der Waals surface area contributed by atoms with Gasteiger partial charge in [-0.3, -0.25) is 4.79 Å². The fraction of sp³-hybridized carbons (Fsp3) is 0.429. The molecule has 1 aromatic rings. The Morgan fingerprint density at radius 2 is 2.21 bits per heavy atom. The standard InChI is InChI=1S/C14H19N3OS/c1-4-17(3)14(18)10-16-12-7-6-8-13(19-5-2)11(12)9-15/h6-8,16H,4-5,10H2,1-3H3. The Balaban J connectivity index is 2.81. The summed E-state index contributed by atoms with van der Waals surface area (Å²) in [5.41, 5.74) is 1.33. The van der Waals surface area contributed by atoms with Crippen molar-refractivity contribution < 1.29 is 4.79 Å². The van der Waals surface area contributed by atoms with Crippen molar-refractivity contribution in [3.05, 3.63) is 23.8 Å². The summed E-state index contributed by atoms with van der Waals surface area (Å²) >= 11 is 1.63. The molecule has 0 spiro atoms. The predicted molar refractivity (Wildman–Crippen MR) is 79.4 cm³/mol. The number of nitrogens with one attached hydrogen (secondary N) is 1. The molecule has 1 N–H and O–H groups in total. The van der Waals surface area contributed by atoms with Crippen LogP contribution in [0.3, 0.4) is 0 Å². The van der Waals surface area contributed by atoms with Gasteiger partial charge in [-0.25, -0.2) is 0 Å². The van der Waals surface area contributed by atoms with E-state index in [9.17, 15) is 10.1 Å². The SMILES string of the molecule is CCSc1cccc(NCC(=O)N(C)CC)c1C#N. The molecule has 0 fully saturated rings. The monoisotopic (exact) mass is 277 g/mol. The minimum atomic E-state index is 0.0138. The molecule has 1 rings (SSSR count). The number of nitriles is 1. The van der Waals surface area contributed by atoms with E-state index < -0.39 is 0 Å². The van der Waals surface area contributed by atoms with Gasteiger partial charge in [-0.15, -0.1) is 11.8 Å². The molecule has 0 saturated heterocycles. The molecule has 0 bridgehead atoms. The maximum atomic E-state index is 11.7. The summed E-state index contributed by atoms with van der Waals surface area (Å²) in [7, 11) is 1.76. The number of thioether (sulfide) groups is 1. The van der Waals surface area contributed by atoms with E-state index in [1.54, 1.807) is 23.7 Å². The first-order valence-corrected chi connectivity index (χ1v) is 7.26. The third-order valence-electron chi connectivity index (χ3n) is 2.77. The van der Waals surface area contributed by atoms with Gasteiger partial charge in [0.25, 0.3) is 0 Å². The lowest BCUT2D eigenvalue weighted by Gasteiger charge is -2.16. The van der Waals surface area contributed by atoms with Gasteiger partial charge in [-0.1, -0.05) is 13.0 Å². The Hall–Kier alpha value is -1.67. The van der Waals surface area contributed by atoms with Crippen LogP contribution in [0.15, 0.2) is 23.1 Å². The number of hydrogen-bond acceptors (Lipinski definition) is 4. The van der Waals surface area contributed by atoms with E-state index in [1.165, 1.54) is 0 Å². The fourth-order valence-electron chi connectivity index (χ4n) is 1.55. The molecule has 19 heavy (non-hydrogen) atoms. The summed E-state index contributed by atoms with van der Waals surface area (Å²) in [6.07, 6.45) is 0. The molecule has 0 atom stereocenters. The van der Waals surface area contributed by atoms with Crippen LogP contribution in [-0.4, -0.2) is 36.7 Å². The molecule has 1 amide bonds. The van der Waals surface area contributed by atoms with Crippen molar-refractivity contribution in [3.8, 4) is 6.07 Å². The number of carbonyl (C=O) groups excluding carboxylic acids is 1. The second-order valence-electron chi connectivity index (χ2n) is 3.98. The van der Waals surface area contributed by atoms with Crippen molar-refractivity contribution in [1.82, 2.24) is 4.90 Å². The van der Waals surface area contributed by atoms with Crippen LogP contribution in [0.4, 0.5) is 5.69 Å². The van der Waals surface area contributed by atoms with Crippen molar-refractivity contribution in [2.45, 2.75) is 18.7 Å². The Morgan fingerprint density at radius 1 is 1.47 bits per heavy atom. The van der Waals surface area contributed by atoms with Crippen LogP contribution in [0, 0.1) is 11.3 Å². The molecule has 1 aromatic carbocycles. The van der Waals surface area contributed by atoms with E-state index in [-0.39, 0.29) is 12.5 Å². The maximum absolute atomic E-state index is 11.7. The van der Waals surface area contributed by atoms with Crippen LogP contribution in [-0.2, 0) is 4.79 Å². The van der Waals surface area contributed by atoms with Gasteiger partial charge in [0.1, 0.15) is 6.07 Å². The summed E-state index contributed by atoms with van der Waals surface area (Å²) in [4.78, 5) is 14.3. The Labute approximate surface area is 118 Å². The zero-order valence-electron chi connectivity index (χ0n) is 11.6. The van der Waals surface area contributed by atoms with Crippen LogP contribution < -0.4 is 5.32 Å². The van der Waals surface area contributed by atoms with Crippen LogP contribution >= 0.6 is 11.8 Å². The van der Waals surface area contributed by atoms with E-state index in [0.717, 1.165) is 16.3 Å². The molecular formula is C14H19N3OS. The van der Waals surface area contributed by atoms with Crippen LogP contribution in [0.2, 0.25) is 0 Å². The van der Waals surface area contributed by atoms with Gasteiger partial charge in [-0.2, -0.15) is 5.26 Å². The minimum Gasteiger partial charge on any atom is -0.375 e. The lowest BCUT2D eigenvalue weighted by molar-refractivity contribution is -0.127. The van der Waals surface area contributed by atoms with Crippen molar-refractivity contribution in [2.75, 3.05) is 31.2 Å². The number of hydrogen-bond donors (Lipinski definition) is 1. The van der Waals surface area contributed by atoms with E-state index >= 15 is 0 Å². The third kappa shape index (κ3) is 4.18. The highest BCUT2D eigenvalue weighted by Crippen LogP contribution is 2.27. The maximum Gasteiger partial charge on any atom is 0.241 e. The molecule has 5 heteroatoms. The fourth-order valence-corrected chi connectivity index (χ4v) is 2.34. The van der Waals surface area contributed by atoms with Crippen LogP contribution in [0.5, 0.6) is 0 Å². The summed E-state index contributed by atoms with van der Waals surface area (Å²) in [5.74, 6) is 0.926. The van der Waals surface area contributed by atoms with Gasteiger partial charge in [0.15, 0.2) is 0 Å². The molecule has 0 aliphatic heterocycles. The second-order valence-corrected chi connectivity index (χ2v) is 5.29. The Kier molecular flexibility index (Phi) is 6.23. The lowest BCUT2D eigenvalue weighted by Crippen LogP contribution is -2.32. The van der Waals surface area contributed by atoms with Crippen molar-refractivity contribution in [1.29, 1.82) is 5.26 Å². The first kappa shape index (κ1) is 15.4. The molecule has 0 radical (unpaired) electrons. The van der Waals surface area contributed by atoms with Gasteiger partial charge < -0.3 is 10.2 Å². The molecule has 0 heterocycles. The number of carbonyl (C=O) groups is 1. The number of benzene rings is 1. The van der Waals surface area contributed by atoms with Crippen LogP contribution in [0.25, 0.3) is 0 Å². The average Bonchev–Trinajstić information content (AvgIpc) is 2.44. The third-order valence-corrected chi connectivity index (χ3v) is 3.71. The Bertz CT molecular complexity index is 482. The largest absolute Gasteiger partial charge is 0.375 e. The van der Waals surface area contributed by atoms with Gasteiger partial charge in [0.2, 0.25) is 5.91 Å². The smallest absolute Gasteiger partial charge is 0.241 e. The summed E-state index contributed by atoms with van der Waals surface area (Å²) < 4.78 is 0. The number of rotatable bonds is 6. The molecule has 0 saturated carbocycles. The topological polar surface area (TPSA) is 56.1 Å². The first-order valence-electron chi connectivity index (χ1n) is 6.27. The van der Waals surface area contributed by atoms with Gasteiger partial charge in [0, 0.05) is 18.5 Å². The predicted octanol–water partition coefficient (Wildman–Crippen LogP) is 2.56. The van der Waals surface area contributed by atoms with E-state index in [4.69, 9.17) is 0 Å². The minimum absolute atomic E-state index is 0.0138. The van der Waals surface area contributed by atoms with E-state index in [2.05, 4.69) is 11.4 Å². The average molecular weight is 277 g/mol. The molecule has 0 aromatic heterocycles. The lowest BCUT2D eigenvalue weighted by atomic mass is 10.2. The van der Waals surface area contributed by atoms with Gasteiger partial charge in [0.05, 0.1) is 17.8 Å². The van der Waals surface area contributed by atoms with E-state index in [1.807, 2.05) is 32.0 Å². The highest BCUT2D eigenvalue weighted by Gasteiger charge is 2.10. The van der Waals surface area contributed by atoms with Crippen LogP contribution in [0.1, 0.15) is 19.4 Å². The number of anilines is 1. The summed E-state index contributed by atoms with van der Waals surface area (Å²) in [5, 5.41) is 12.3. The zero-order valence-corrected chi connectivity index (χ0v) is 12.4. The molecule has 0 aliphatic carbocycles. The second kappa shape index (κ2) is 7.70. The molecule has 0 aliphatic rings. The van der Waals surface area contributed by atoms with E-state index in [0.29, 0.717) is 12.1 Å². The first-order chi connectivity index (χ1) is 9.13. The van der Waals surface area contributed by atoms with Gasteiger partial charge in [-0.05, 0) is 24.8 Å². The number of likely N-dealkylation sites (N-methyl/N-ethyl adjacent to an activating group) is 1. The zero-order chi connectivity index (χ0) is 14.3. The number of amides is 1. The van der Waals surface area contributed by atoms with Crippen molar-refractivity contribution in [2.24, 2.45) is 0 Å². The highest BCUT2D eigenvalue weighted by molar-refractivity contribution is 7.99. The summed E-state index contributed by atoms with van der Waals surface area (Å²) in [6, 6.07) is 7.87. The normalized spacial score (nSPS) is 9.79. The molecular weight excluding hydrogens is 258 g/mol. The number of nitrogens with zero attached hydrogens (tertiary/aromatic N) is 2. The Morgan fingerprint density at radius 3 is 2.79 bits per heavy atom. The highest BCUT2D eigenvalue weighted by atomic mass is 32.2. The van der Waals surface area contributed by atoms with Crippen molar-refractivity contribution in [3.63, 3.8) is 0 Å². The molecule has 0 unspecified atom stereocenters. The quantitative estimate of drug-likeness (QED) is 0.812. The molecule has 102 valence electrons. The van der Waals surface area contributed by atoms with Crippen molar-refractivity contribution >= 4 is 23.4 Å².